The van der Waals surface area contributed by atoms with Crippen LogP contribution in [-0.2, 0) is 11.2 Å². The van der Waals surface area contributed by atoms with Gasteiger partial charge in [-0.25, -0.2) is 4.79 Å². The van der Waals surface area contributed by atoms with Gasteiger partial charge >= 0.3 is 5.97 Å². The fourth-order valence-electron chi connectivity index (χ4n) is 1.19. The Hall–Kier alpha value is -1.25. The van der Waals surface area contributed by atoms with Crippen LogP contribution in [0.2, 0.25) is 0 Å². The van der Waals surface area contributed by atoms with Gasteiger partial charge in [-0.3, -0.25) is 0 Å². The van der Waals surface area contributed by atoms with Crippen molar-refractivity contribution in [3.63, 3.8) is 0 Å². The number of carbonyl (C=O) groups is 1. The summed E-state index contributed by atoms with van der Waals surface area (Å²) < 4.78 is 4.86. The van der Waals surface area contributed by atoms with E-state index in [1.54, 1.807) is 13.1 Å². The van der Waals surface area contributed by atoms with E-state index in [4.69, 9.17) is 4.74 Å². The molecule has 13 heavy (non-hydrogen) atoms. The maximum absolute atomic E-state index is 11.2. The lowest BCUT2D eigenvalue weighted by Crippen LogP contribution is -2.02. The van der Waals surface area contributed by atoms with Crippen molar-refractivity contribution in [2.75, 3.05) is 6.61 Å². The topological polar surface area (TPSA) is 42.1 Å². The van der Waals surface area contributed by atoms with Crippen LogP contribution in [0, 0.1) is 0 Å². The van der Waals surface area contributed by atoms with Gasteiger partial charge in [-0.2, -0.15) is 0 Å². The highest BCUT2D eigenvalue weighted by atomic mass is 16.5. The van der Waals surface area contributed by atoms with Gasteiger partial charge in [-0.05, 0) is 19.4 Å². The van der Waals surface area contributed by atoms with E-state index >= 15 is 0 Å². The molecule has 0 spiro atoms. The van der Waals surface area contributed by atoms with Crippen LogP contribution in [0.3, 0.4) is 0 Å². The summed E-state index contributed by atoms with van der Waals surface area (Å²) in [5, 5.41) is 0. The number of rotatable bonds is 4. The normalized spacial score (nSPS) is 10.0. The molecular formula is C10H15NO2. The second kappa shape index (κ2) is 4.70. The van der Waals surface area contributed by atoms with Gasteiger partial charge in [0.15, 0.2) is 0 Å². The molecule has 0 aliphatic carbocycles. The Morgan fingerprint density at radius 1 is 1.54 bits per heavy atom. The summed E-state index contributed by atoms with van der Waals surface area (Å²) >= 11 is 0. The third-order valence-electron chi connectivity index (χ3n) is 1.77. The van der Waals surface area contributed by atoms with Crippen molar-refractivity contribution < 1.29 is 9.53 Å². The minimum absolute atomic E-state index is 0.249. The third-order valence-corrected chi connectivity index (χ3v) is 1.77. The summed E-state index contributed by atoms with van der Waals surface area (Å²) in [7, 11) is 0. The molecular weight excluding hydrogens is 166 g/mol. The van der Waals surface area contributed by atoms with Crippen LogP contribution in [0.5, 0.6) is 0 Å². The van der Waals surface area contributed by atoms with Crippen LogP contribution >= 0.6 is 0 Å². The Balaban J connectivity index is 2.62. The molecule has 1 rings (SSSR count). The highest BCUT2D eigenvalue weighted by molar-refractivity contribution is 5.89. The third kappa shape index (κ3) is 2.61. The van der Waals surface area contributed by atoms with E-state index in [0.29, 0.717) is 12.2 Å². The number of aryl methyl sites for hydroxylation is 1. The van der Waals surface area contributed by atoms with Gasteiger partial charge in [0, 0.05) is 11.9 Å². The molecule has 0 aliphatic rings. The Labute approximate surface area is 78.1 Å². The van der Waals surface area contributed by atoms with Crippen LogP contribution in [-0.4, -0.2) is 17.6 Å². The summed E-state index contributed by atoms with van der Waals surface area (Å²) in [6.07, 6.45) is 3.74. The van der Waals surface area contributed by atoms with E-state index in [9.17, 15) is 4.79 Å². The lowest BCUT2D eigenvalue weighted by molar-refractivity contribution is 0.0526. The van der Waals surface area contributed by atoms with Gasteiger partial charge in [0.2, 0.25) is 0 Å². The Kier molecular flexibility index (Phi) is 3.55. The smallest absolute Gasteiger partial charge is 0.339 e. The molecule has 0 saturated carbocycles. The molecule has 0 fully saturated rings. The molecule has 3 heteroatoms. The second-order valence-corrected chi connectivity index (χ2v) is 2.88. The minimum Gasteiger partial charge on any atom is -0.462 e. The molecule has 0 unspecified atom stereocenters. The molecule has 0 aliphatic heterocycles. The number of nitrogens with one attached hydrogen (secondary N) is 1. The first-order valence-electron chi connectivity index (χ1n) is 4.62. The van der Waals surface area contributed by atoms with Gasteiger partial charge in [-0.1, -0.05) is 13.3 Å². The van der Waals surface area contributed by atoms with Crippen LogP contribution in [0.25, 0.3) is 0 Å². The van der Waals surface area contributed by atoms with E-state index < -0.39 is 0 Å². The summed E-state index contributed by atoms with van der Waals surface area (Å²) in [6.45, 7) is 4.33. The molecule has 0 amide bonds. The van der Waals surface area contributed by atoms with Gasteiger partial charge < -0.3 is 9.72 Å². The van der Waals surface area contributed by atoms with E-state index in [1.807, 2.05) is 6.07 Å². The number of aromatic nitrogens is 1. The Bertz CT molecular complexity index is 278. The van der Waals surface area contributed by atoms with Gasteiger partial charge in [0.05, 0.1) is 12.2 Å². The average molecular weight is 181 g/mol. The number of H-pyrrole nitrogens is 1. The van der Waals surface area contributed by atoms with Gasteiger partial charge in [0.1, 0.15) is 0 Å². The number of hydrogen-bond acceptors (Lipinski definition) is 2. The van der Waals surface area contributed by atoms with Crippen molar-refractivity contribution in [3.05, 3.63) is 23.5 Å². The second-order valence-electron chi connectivity index (χ2n) is 2.88. The first kappa shape index (κ1) is 9.84. The van der Waals surface area contributed by atoms with Crippen molar-refractivity contribution in [2.24, 2.45) is 0 Å². The molecule has 72 valence electrons. The minimum atomic E-state index is -0.249. The van der Waals surface area contributed by atoms with Gasteiger partial charge in [-0.15, -0.1) is 0 Å². The lowest BCUT2D eigenvalue weighted by Gasteiger charge is -1.96. The summed E-state index contributed by atoms with van der Waals surface area (Å²) in [4.78, 5) is 14.3. The quantitative estimate of drug-likeness (QED) is 0.723. The van der Waals surface area contributed by atoms with Crippen LogP contribution in [0.4, 0.5) is 0 Å². The first-order valence-corrected chi connectivity index (χ1v) is 4.62. The van der Waals surface area contributed by atoms with Crippen LogP contribution in [0.15, 0.2) is 12.3 Å². The maximum atomic E-state index is 11.2. The van der Waals surface area contributed by atoms with Crippen LogP contribution in [0.1, 0.15) is 36.3 Å². The molecule has 1 aromatic heterocycles. The van der Waals surface area contributed by atoms with E-state index in [-0.39, 0.29) is 5.97 Å². The molecule has 1 N–H and O–H groups in total. The zero-order chi connectivity index (χ0) is 9.68. The van der Waals surface area contributed by atoms with Crippen molar-refractivity contribution in [1.82, 2.24) is 4.98 Å². The zero-order valence-corrected chi connectivity index (χ0v) is 8.09. The van der Waals surface area contributed by atoms with Crippen LogP contribution < -0.4 is 0 Å². The average Bonchev–Trinajstić information content (AvgIpc) is 2.54. The Morgan fingerprint density at radius 2 is 2.31 bits per heavy atom. The monoisotopic (exact) mass is 181 g/mol. The SMILES string of the molecule is CCCc1cc(C(=O)OCC)c[nH]1. The number of ether oxygens (including phenoxy) is 1. The molecule has 3 nitrogen and oxygen atoms in total. The predicted molar refractivity (Wildman–Crippen MR) is 50.7 cm³/mol. The maximum Gasteiger partial charge on any atom is 0.339 e. The van der Waals surface area contributed by atoms with Gasteiger partial charge in [0.25, 0.3) is 0 Å². The molecule has 0 aromatic carbocycles. The molecule has 1 heterocycles. The van der Waals surface area contributed by atoms with Crippen molar-refractivity contribution in [1.29, 1.82) is 0 Å². The zero-order valence-electron chi connectivity index (χ0n) is 8.09. The fourth-order valence-corrected chi connectivity index (χ4v) is 1.19. The standard InChI is InChI=1S/C10H15NO2/c1-3-5-9-6-8(7-11-9)10(12)13-4-2/h6-7,11H,3-5H2,1-2H3. The van der Waals surface area contributed by atoms with Crippen molar-refractivity contribution >= 4 is 5.97 Å². The molecule has 1 aromatic rings. The molecule has 0 atom stereocenters. The van der Waals surface area contributed by atoms with E-state index in [0.717, 1.165) is 18.5 Å². The summed E-state index contributed by atoms with van der Waals surface area (Å²) in [5.74, 6) is -0.249. The first-order chi connectivity index (χ1) is 6.27. The molecule has 0 radical (unpaired) electrons. The highest BCUT2D eigenvalue weighted by Crippen LogP contribution is 2.07. The largest absolute Gasteiger partial charge is 0.462 e. The lowest BCUT2D eigenvalue weighted by atomic mass is 10.2. The Morgan fingerprint density at radius 3 is 2.92 bits per heavy atom. The predicted octanol–water partition coefficient (Wildman–Crippen LogP) is 2.14. The van der Waals surface area contributed by atoms with Crippen molar-refractivity contribution in [2.45, 2.75) is 26.7 Å². The number of carbonyl (C=O) groups excluding carboxylic acids is 1. The highest BCUT2D eigenvalue weighted by Gasteiger charge is 2.07. The number of aromatic amines is 1. The number of esters is 1. The summed E-state index contributed by atoms with van der Waals surface area (Å²) in [6, 6.07) is 1.85. The number of hydrogen-bond donors (Lipinski definition) is 1. The summed E-state index contributed by atoms with van der Waals surface area (Å²) in [5.41, 5.74) is 1.70. The fraction of sp³-hybridized carbons (Fsp3) is 0.500. The van der Waals surface area contributed by atoms with E-state index in [1.165, 1.54) is 0 Å². The molecule has 0 bridgehead atoms. The van der Waals surface area contributed by atoms with E-state index in [2.05, 4.69) is 11.9 Å². The molecule has 0 saturated heterocycles. The van der Waals surface area contributed by atoms with Crippen molar-refractivity contribution in [3.8, 4) is 0 Å².